The molecule has 0 spiro atoms. The number of nitrogens with two attached hydrogens (primary N) is 1. The Morgan fingerprint density at radius 2 is 1.50 bits per heavy atom. The summed E-state index contributed by atoms with van der Waals surface area (Å²) >= 11 is 0. The topological polar surface area (TPSA) is 35.2 Å². The van der Waals surface area contributed by atoms with Crippen molar-refractivity contribution in [2.45, 2.75) is 19.3 Å². The van der Waals surface area contributed by atoms with E-state index in [1.165, 1.54) is 18.2 Å². The minimum absolute atomic E-state index is 0.268. The highest BCUT2D eigenvalue weighted by molar-refractivity contribution is 5.43. The van der Waals surface area contributed by atoms with Gasteiger partial charge in [0.05, 0.1) is 6.04 Å². The molecule has 0 amide bonds. The lowest BCUT2D eigenvalue weighted by Crippen LogP contribution is -2.21. The van der Waals surface area contributed by atoms with Gasteiger partial charge in [-0.25, -0.2) is 0 Å². The molecule has 20 heavy (non-hydrogen) atoms. The highest BCUT2D eigenvalue weighted by Crippen LogP contribution is 2.32. The van der Waals surface area contributed by atoms with E-state index in [2.05, 4.69) is 4.74 Å². The van der Waals surface area contributed by atoms with Gasteiger partial charge in [-0.1, -0.05) is 42.5 Å². The van der Waals surface area contributed by atoms with E-state index in [4.69, 9.17) is 5.73 Å². The first-order chi connectivity index (χ1) is 9.38. The van der Waals surface area contributed by atoms with E-state index in [0.29, 0.717) is 5.56 Å². The van der Waals surface area contributed by atoms with E-state index in [1.807, 2.05) is 19.1 Å². The molecular weight excluding hydrogens is 267 g/mol. The summed E-state index contributed by atoms with van der Waals surface area (Å²) < 4.78 is 41.2. The number of rotatable bonds is 3. The first-order valence-electron chi connectivity index (χ1n) is 6.04. The quantitative estimate of drug-likeness (QED) is 0.924. The number of para-hydroxylation sites is 1. The first kappa shape index (κ1) is 14.4. The van der Waals surface area contributed by atoms with Gasteiger partial charge in [0.15, 0.2) is 0 Å². The smallest absolute Gasteiger partial charge is 0.405 e. The zero-order valence-corrected chi connectivity index (χ0v) is 10.8. The highest BCUT2D eigenvalue weighted by Gasteiger charge is 2.32. The van der Waals surface area contributed by atoms with Gasteiger partial charge >= 0.3 is 6.36 Å². The SMILES string of the molecule is Cc1ccccc1C(N)c1ccccc1OC(F)(F)F. The fraction of sp³-hybridized carbons (Fsp3) is 0.200. The van der Waals surface area contributed by atoms with E-state index in [0.717, 1.165) is 11.1 Å². The van der Waals surface area contributed by atoms with Gasteiger partial charge in [-0.2, -0.15) is 0 Å². The third kappa shape index (κ3) is 3.30. The largest absolute Gasteiger partial charge is 0.573 e. The van der Waals surface area contributed by atoms with Crippen LogP contribution in [0, 0.1) is 6.92 Å². The van der Waals surface area contributed by atoms with E-state index in [9.17, 15) is 13.2 Å². The second kappa shape index (κ2) is 5.54. The van der Waals surface area contributed by atoms with Crippen molar-refractivity contribution in [2.24, 2.45) is 5.73 Å². The van der Waals surface area contributed by atoms with Crippen LogP contribution in [-0.2, 0) is 0 Å². The lowest BCUT2D eigenvalue weighted by molar-refractivity contribution is -0.274. The number of aryl methyl sites for hydroxylation is 1. The molecule has 2 aromatic rings. The van der Waals surface area contributed by atoms with Gasteiger partial charge in [0, 0.05) is 5.56 Å². The van der Waals surface area contributed by atoms with E-state index < -0.39 is 12.4 Å². The second-order valence-electron chi connectivity index (χ2n) is 4.42. The fourth-order valence-corrected chi connectivity index (χ4v) is 2.06. The minimum Gasteiger partial charge on any atom is -0.405 e. The molecular formula is C15H14F3NO. The van der Waals surface area contributed by atoms with E-state index >= 15 is 0 Å². The van der Waals surface area contributed by atoms with Crippen molar-refractivity contribution in [2.75, 3.05) is 0 Å². The Hall–Kier alpha value is -2.01. The average molecular weight is 281 g/mol. The molecule has 2 aromatic carbocycles. The molecule has 0 aliphatic carbocycles. The van der Waals surface area contributed by atoms with Crippen LogP contribution in [0.4, 0.5) is 13.2 Å². The zero-order valence-electron chi connectivity index (χ0n) is 10.8. The molecule has 0 saturated heterocycles. The highest BCUT2D eigenvalue weighted by atomic mass is 19.4. The number of alkyl halides is 3. The predicted octanol–water partition coefficient (Wildman–Crippen LogP) is 3.94. The van der Waals surface area contributed by atoms with Gasteiger partial charge in [-0.15, -0.1) is 13.2 Å². The molecule has 2 rings (SSSR count). The first-order valence-corrected chi connectivity index (χ1v) is 6.04. The number of ether oxygens (including phenoxy) is 1. The molecule has 0 aromatic heterocycles. The zero-order chi connectivity index (χ0) is 14.8. The predicted molar refractivity (Wildman–Crippen MR) is 70.3 cm³/mol. The molecule has 106 valence electrons. The summed E-state index contributed by atoms with van der Waals surface area (Å²) in [7, 11) is 0. The number of halogens is 3. The molecule has 1 atom stereocenters. The number of benzene rings is 2. The molecule has 2 nitrogen and oxygen atoms in total. The van der Waals surface area contributed by atoms with Crippen LogP contribution in [-0.4, -0.2) is 6.36 Å². The van der Waals surface area contributed by atoms with Gasteiger partial charge in [-0.05, 0) is 24.1 Å². The molecule has 0 aliphatic heterocycles. The summed E-state index contributed by atoms with van der Waals surface area (Å²) in [5.41, 5.74) is 8.08. The molecule has 0 heterocycles. The molecule has 0 saturated carbocycles. The van der Waals surface area contributed by atoms with Gasteiger partial charge in [0.2, 0.25) is 0 Å². The molecule has 0 aliphatic rings. The Morgan fingerprint density at radius 1 is 0.950 bits per heavy atom. The van der Waals surface area contributed by atoms with Crippen LogP contribution in [0.25, 0.3) is 0 Å². The standard InChI is InChI=1S/C15H14F3NO/c1-10-6-2-3-7-11(10)14(19)12-8-4-5-9-13(12)20-15(16,17)18/h2-9,14H,19H2,1H3. The maximum Gasteiger partial charge on any atom is 0.573 e. The van der Waals surface area contributed by atoms with Crippen molar-refractivity contribution < 1.29 is 17.9 Å². The Labute approximate surface area is 115 Å². The van der Waals surface area contributed by atoms with Gasteiger partial charge < -0.3 is 10.5 Å². The molecule has 0 fully saturated rings. The molecule has 1 unspecified atom stereocenters. The van der Waals surface area contributed by atoms with Crippen molar-refractivity contribution in [1.82, 2.24) is 0 Å². The van der Waals surface area contributed by atoms with Crippen molar-refractivity contribution in [1.29, 1.82) is 0 Å². The Kier molecular flexibility index (Phi) is 3.99. The van der Waals surface area contributed by atoms with Crippen LogP contribution in [0.5, 0.6) is 5.75 Å². The van der Waals surface area contributed by atoms with Gasteiger partial charge in [0.1, 0.15) is 5.75 Å². The maximum absolute atomic E-state index is 12.4. The van der Waals surface area contributed by atoms with Crippen LogP contribution in [0.1, 0.15) is 22.7 Å². The Balaban J connectivity index is 2.40. The van der Waals surface area contributed by atoms with Crippen molar-refractivity contribution in [3.8, 4) is 5.75 Å². The molecule has 0 bridgehead atoms. The van der Waals surface area contributed by atoms with Crippen molar-refractivity contribution in [3.05, 3.63) is 65.2 Å². The summed E-state index contributed by atoms with van der Waals surface area (Å²) in [5, 5.41) is 0. The summed E-state index contributed by atoms with van der Waals surface area (Å²) in [6, 6.07) is 12.6. The van der Waals surface area contributed by atoms with E-state index in [1.54, 1.807) is 18.2 Å². The average Bonchev–Trinajstić information content (AvgIpc) is 2.37. The Morgan fingerprint density at radius 3 is 2.10 bits per heavy atom. The van der Waals surface area contributed by atoms with Crippen LogP contribution in [0.15, 0.2) is 48.5 Å². The third-order valence-electron chi connectivity index (χ3n) is 3.00. The van der Waals surface area contributed by atoms with Crippen LogP contribution in [0.3, 0.4) is 0 Å². The lowest BCUT2D eigenvalue weighted by atomic mass is 9.95. The van der Waals surface area contributed by atoms with Crippen molar-refractivity contribution >= 4 is 0 Å². The summed E-state index contributed by atoms with van der Waals surface area (Å²) in [6.07, 6.45) is -4.73. The summed E-state index contributed by atoms with van der Waals surface area (Å²) in [4.78, 5) is 0. The summed E-state index contributed by atoms with van der Waals surface area (Å²) in [5.74, 6) is -0.268. The number of hydrogen-bond donors (Lipinski definition) is 1. The third-order valence-corrected chi connectivity index (χ3v) is 3.00. The number of hydrogen-bond acceptors (Lipinski definition) is 2. The van der Waals surface area contributed by atoms with Crippen LogP contribution in [0.2, 0.25) is 0 Å². The summed E-state index contributed by atoms with van der Waals surface area (Å²) in [6.45, 7) is 1.86. The minimum atomic E-state index is -4.73. The fourth-order valence-electron chi connectivity index (χ4n) is 2.06. The maximum atomic E-state index is 12.4. The van der Waals surface area contributed by atoms with Gasteiger partial charge in [-0.3, -0.25) is 0 Å². The second-order valence-corrected chi connectivity index (χ2v) is 4.42. The van der Waals surface area contributed by atoms with Crippen LogP contribution < -0.4 is 10.5 Å². The monoisotopic (exact) mass is 281 g/mol. The normalized spacial score (nSPS) is 13.1. The lowest BCUT2D eigenvalue weighted by Gasteiger charge is -2.19. The van der Waals surface area contributed by atoms with Crippen molar-refractivity contribution in [3.63, 3.8) is 0 Å². The molecule has 2 N–H and O–H groups in total. The van der Waals surface area contributed by atoms with E-state index in [-0.39, 0.29) is 5.75 Å². The Bertz CT molecular complexity index is 596. The molecule has 0 radical (unpaired) electrons. The van der Waals surface area contributed by atoms with Gasteiger partial charge in [0.25, 0.3) is 0 Å². The van der Waals surface area contributed by atoms with Crippen LogP contribution >= 0.6 is 0 Å². The molecule has 5 heteroatoms.